The molecule has 106 valence electrons. The Morgan fingerprint density at radius 2 is 2.00 bits per heavy atom. The van der Waals surface area contributed by atoms with Crippen molar-refractivity contribution in [2.45, 2.75) is 19.1 Å². The smallest absolute Gasteiger partial charge is 0.396 e. The van der Waals surface area contributed by atoms with Crippen LogP contribution in [-0.4, -0.2) is 26.8 Å². The van der Waals surface area contributed by atoms with E-state index in [1.165, 1.54) is 23.0 Å². The van der Waals surface area contributed by atoms with Crippen molar-refractivity contribution < 1.29 is 23.1 Å². The first-order valence-corrected chi connectivity index (χ1v) is 5.75. The monoisotopic (exact) mass is 284 g/mol. The molecule has 7 heteroatoms. The van der Waals surface area contributed by atoms with E-state index in [2.05, 4.69) is 4.98 Å². The average Bonchev–Trinajstić information content (AvgIpc) is 2.74. The topological polar surface area (TPSA) is 55.1 Å². The van der Waals surface area contributed by atoms with Crippen LogP contribution < -0.4 is 0 Å². The Morgan fingerprint density at radius 1 is 1.30 bits per heavy atom. The molecule has 0 saturated heterocycles. The molecule has 0 radical (unpaired) electrons. The van der Waals surface area contributed by atoms with Crippen molar-refractivity contribution in [3.05, 3.63) is 53.6 Å². The molecular formula is C13H11F3N2O2. The van der Waals surface area contributed by atoms with Crippen LogP contribution in [0.2, 0.25) is 0 Å². The number of carboxylic acids is 1. The van der Waals surface area contributed by atoms with Crippen molar-refractivity contribution in [3.8, 4) is 0 Å². The fraction of sp³-hybridized carbons (Fsp3) is 0.231. The molecule has 20 heavy (non-hydrogen) atoms. The van der Waals surface area contributed by atoms with E-state index >= 15 is 0 Å². The highest BCUT2D eigenvalue weighted by atomic mass is 19.4. The highest BCUT2D eigenvalue weighted by molar-refractivity contribution is 5.89. The Hall–Kier alpha value is -2.31. The number of carbonyl (C=O) groups is 1. The van der Waals surface area contributed by atoms with Crippen molar-refractivity contribution in [2.75, 3.05) is 0 Å². The third kappa shape index (κ3) is 3.37. The quantitative estimate of drug-likeness (QED) is 0.939. The van der Waals surface area contributed by atoms with E-state index in [1.807, 2.05) is 0 Å². The molecule has 0 fully saturated rings. The summed E-state index contributed by atoms with van der Waals surface area (Å²) in [6.07, 6.45) is -2.82. The number of aromatic carboxylic acids is 1. The molecule has 0 aliphatic rings. The van der Waals surface area contributed by atoms with Gasteiger partial charge in [-0.15, -0.1) is 0 Å². The first kappa shape index (κ1) is 14.1. The van der Waals surface area contributed by atoms with E-state index in [4.69, 9.17) is 5.11 Å². The fourth-order valence-electron chi connectivity index (χ4n) is 1.88. The van der Waals surface area contributed by atoms with Gasteiger partial charge in [-0.1, -0.05) is 18.2 Å². The SMILES string of the molecule is O=C(O)c1ccccc1Cn1ccnc1CC(F)(F)F. The molecule has 0 aliphatic carbocycles. The van der Waals surface area contributed by atoms with Gasteiger partial charge in [-0.25, -0.2) is 9.78 Å². The minimum absolute atomic E-state index is 0.0356. The zero-order valence-electron chi connectivity index (χ0n) is 10.3. The molecule has 1 aromatic heterocycles. The highest BCUT2D eigenvalue weighted by Crippen LogP contribution is 2.21. The van der Waals surface area contributed by atoms with Gasteiger partial charge in [0.1, 0.15) is 12.2 Å². The number of hydrogen-bond donors (Lipinski definition) is 1. The highest BCUT2D eigenvalue weighted by Gasteiger charge is 2.30. The van der Waals surface area contributed by atoms with Gasteiger partial charge in [-0.3, -0.25) is 0 Å². The van der Waals surface area contributed by atoms with Crippen LogP contribution in [0.1, 0.15) is 21.7 Å². The fourth-order valence-corrected chi connectivity index (χ4v) is 1.88. The molecule has 1 heterocycles. The minimum Gasteiger partial charge on any atom is -0.478 e. The summed E-state index contributed by atoms with van der Waals surface area (Å²) in [6.45, 7) is 0.0356. The molecule has 0 saturated carbocycles. The van der Waals surface area contributed by atoms with Crippen LogP contribution >= 0.6 is 0 Å². The summed E-state index contributed by atoms with van der Waals surface area (Å²) in [7, 11) is 0. The van der Waals surface area contributed by atoms with Gasteiger partial charge in [-0.05, 0) is 11.6 Å². The van der Waals surface area contributed by atoms with E-state index in [1.54, 1.807) is 18.2 Å². The van der Waals surface area contributed by atoms with Crippen LogP contribution in [-0.2, 0) is 13.0 Å². The second kappa shape index (κ2) is 5.36. The van der Waals surface area contributed by atoms with Gasteiger partial charge in [0.25, 0.3) is 0 Å². The van der Waals surface area contributed by atoms with Gasteiger partial charge < -0.3 is 9.67 Å². The van der Waals surface area contributed by atoms with Crippen LogP contribution in [0.4, 0.5) is 13.2 Å². The number of alkyl halides is 3. The molecule has 0 spiro atoms. The Balaban J connectivity index is 2.28. The summed E-state index contributed by atoms with van der Waals surface area (Å²) in [5, 5.41) is 9.05. The number of nitrogens with zero attached hydrogens (tertiary/aromatic N) is 2. The van der Waals surface area contributed by atoms with Crippen molar-refractivity contribution in [3.63, 3.8) is 0 Å². The maximum atomic E-state index is 12.4. The van der Waals surface area contributed by atoms with Gasteiger partial charge >= 0.3 is 12.1 Å². The lowest BCUT2D eigenvalue weighted by atomic mass is 10.1. The van der Waals surface area contributed by atoms with E-state index in [9.17, 15) is 18.0 Å². The largest absolute Gasteiger partial charge is 0.478 e. The third-order valence-electron chi connectivity index (χ3n) is 2.75. The van der Waals surface area contributed by atoms with Gasteiger partial charge in [0, 0.05) is 18.9 Å². The number of carboxylic acid groups (broad SMARTS) is 1. The van der Waals surface area contributed by atoms with Crippen LogP contribution in [0.5, 0.6) is 0 Å². The molecule has 1 N–H and O–H groups in total. The standard InChI is InChI=1S/C13H11F3N2O2/c14-13(15,16)7-11-17-5-6-18(11)8-9-3-1-2-4-10(9)12(19)20/h1-6H,7-8H2,(H,19,20). The molecule has 0 atom stereocenters. The normalized spacial score (nSPS) is 11.6. The van der Waals surface area contributed by atoms with Crippen molar-refractivity contribution in [2.24, 2.45) is 0 Å². The summed E-state index contributed by atoms with van der Waals surface area (Å²) >= 11 is 0. The number of rotatable bonds is 4. The molecule has 2 aromatic rings. The number of hydrogen-bond acceptors (Lipinski definition) is 2. The summed E-state index contributed by atoms with van der Waals surface area (Å²) in [6, 6.07) is 6.19. The van der Waals surface area contributed by atoms with Gasteiger partial charge in [0.15, 0.2) is 0 Å². The zero-order chi connectivity index (χ0) is 14.8. The van der Waals surface area contributed by atoms with Gasteiger partial charge in [0.2, 0.25) is 0 Å². The second-order valence-corrected chi connectivity index (χ2v) is 4.23. The minimum atomic E-state index is -4.35. The Kier molecular flexibility index (Phi) is 3.78. The van der Waals surface area contributed by atoms with Crippen LogP contribution in [0, 0.1) is 0 Å². The summed E-state index contributed by atoms with van der Waals surface area (Å²) in [5.74, 6) is -1.25. The van der Waals surface area contributed by atoms with E-state index < -0.39 is 18.6 Å². The summed E-state index contributed by atoms with van der Waals surface area (Å²) in [4.78, 5) is 14.7. The lowest BCUT2D eigenvalue weighted by molar-refractivity contribution is -0.128. The van der Waals surface area contributed by atoms with Gasteiger partial charge in [0.05, 0.1) is 5.56 Å². The van der Waals surface area contributed by atoms with Crippen LogP contribution in [0.3, 0.4) is 0 Å². The Morgan fingerprint density at radius 3 is 2.65 bits per heavy atom. The first-order chi connectivity index (χ1) is 9.37. The third-order valence-corrected chi connectivity index (χ3v) is 2.75. The maximum absolute atomic E-state index is 12.4. The van der Waals surface area contributed by atoms with Crippen molar-refractivity contribution in [1.29, 1.82) is 0 Å². The lowest BCUT2D eigenvalue weighted by Crippen LogP contribution is -2.17. The molecule has 0 unspecified atom stereocenters. The molecule has 2 rings (SSSR count). The van der Waals surface area contributed by atoms with E-state index in [0.29, 0.717) is 5.56 Å². The van der Waals surface area contributed by atoms with Crippen LogP contribution in [0.15, 0.2) is 36.7 Å². The molecule has 4 nitrogen and oxygen atoms in total. The summed E-state index contributed by atoms with van der Waals surface area (Å²) in [5.41, 5.74) is 0.501. The Labute approximate surface area is 112 Å². The summed E-state index contributed by atoms with van der Waals surface area (Å²) < 4.78 is 38.5. The molecule has 0 amide bonds. The van der Waals surface area contributed by atoms with Gasteiger partial charge in [-0.2, -0.15) is 13.2 Å². The number of imidazole rings is 1. The molecule has 0 bridgehead atoms. The second-order valence-electron chi connectivity index (χ2n) is 4.23. The van der Waals surface area contributed by atoms with Crippen molar-refractivity contribution >= 4 is 5.97 Å². The number of benzene rings is 1. The maximum Gasteiger partial charge on any atom is 0.396 e. The molecular weight excluding hydrogens is 273 g/mol. The molecule has 1 aromatic carbocycles. The molecule has 0 aliphatic heterocycles. The van der Waals surface area contributed by atoms with Crippen molar-refractivity contribution in [1.82, 2.24) is 9.55 Å². The number of aromatic nitrogens is 2. The number of halogens is 3. The lowest BCUT2D eigenvalue weighted by Gasteiger charge is -2.11. The predicted molar refractivity (Wildman–Crippen MR) is 64.5 cm³/mol. The van der Waals surface area contributed by atoms with E-state index in [-0.39, 0.29) is 17.9 Å². The predicted octanol–water partition coefficient (Wildman–Crippen LogP) is 2.73. The van der Waals surface area contributed by atoms with Crippen LogP contribution in [0.25, 0.3) is 0 Å². The zero-order valence-corrected chi connectivity index (χ0v) is 10.3. The first-order valence-electron chi connectivity index (χ1n) is 5.75. The average molecular weight is 284 g/mol. The Bertz CT molecular complexity index is 620. The van der Waals surface area contributed by atoms with E-state index in [0.717, 1.165) is 0 Å².